The van der Waals surface area contributed by atoms with E-state index < -0.39 is 0 Å². The van der Waals surface area contributed by atoms with Crippen LogP contribution in [0.3, 0.4) is 0 Å². The van der Waals surface area contributed by atoms with Gasteiger partial charge < -0.3 is 4.42 Å². The monoisotopic (exact) mass is 372 g/mol. The summed E-state index contributed by atoms with van der Waals surface area (Å²) < 4.78 is 5.64. The molecule has 0 N–H and O–H groups in total. The Balaban J connectivity index is 2.69. The lowest BCUT2D eigenvalue weighted by Gasteiger charge is -2.01. The summed E-state index contributed by atoms with van der Waals surface area (Å²) in [6, 6.07) is 3.02. The van der Waals surface area contributed by atoms with Crippen LogP contribution in [0, 0.1) is 0 Å². The fraction of sp³-hybridized carbons (Fsp3) is 0. The molecule has 0 amide bonds. The highest BCUT2D eigenvalue weighted by Crippen LogP contribution is 2.47. The third-order valence-corrected chi connectivity index (χ3v) is 4.85. The highest BCUT2D eigenvalue weighted by molar-refractivity contribution is 6.52. The van der Waals surface area contributed by atoms with Gasteiger partial charge in [-0.15, -0.1) is 0 Å². The van der Waals surface area contributed by atoms with E-state index in [1.165, 1.54) is 12.1 Å². The van der Waals surface area contributed by atoms with Crippen LogP contribution in [0.5, 0.6) is 0 Å². The Labute approximate surface area is 137 Å². The summed E-state index contributed by atoms with van der Waals surface area (Å²) in [4.78, 5) is 0. The first-order chi connectivity index (χ1) is 8.91. The Bertz CT molecular complexity index is 836. The number of halogens is 6. The molecule has 0 fully saturated rings. The SMILES string of the molecule is Clc1cc(Cl)c2c(oc3c(Cl)cc(Cl)c(Cl)c32)c1Cl. The summed E-state index contributed by atoms with van der Waals surface area (Å²) in [5.41, 5.74) is 0.706. The molecule has 1 nitrogen and oxygen atoms in total. The van der Waals surface area contributed by atoms with Gasteiger partial charge in [0, 0.05) is 0 Å². The maximum Gasteiger partial charge on any atom is 0.157 e. The number of fused-ring (bicyclic) bond motifs is 3. The zero-order valence-electron chi connectivity index (χ0n) is 8.83. The highest BCUT2D eigenvalue weighted by Gasteiger charge is 2.21. The normalized spacial score (nSPS) is 11.7. The zero-order chi connectivity index (χ0) is 13.9. The van der Waals surface area contributed by atoms with E-state index in [1.54, 1.807) is 0 Å². The van der Waals surface area contributed by atoms with E-state index in [-0.39, 0.29) is 10.0 Å². The topological polar surface area (TPSA) is 13.1 Å². The van der Waals surface area contributed by atoms with Gasteiger partial charge in [0.25, 0.3) is 0 Å². The average Bonchev–Trinajstić information content (AvgIpc) is 2.75. The summed E-state index contributed by atoms with van der Waals surface area (Å²) >= 11 is 36.6. The van der Waals surface area contributed by atoms with E-state index in [0.29, 0.717) is 42.0 Å². The third kappa shape index (κ3) is 1.99. The summed E-state index contributed by atoms with van der Waals surface area (Å²) in [5, 5.41) is 2.91. The first-order valence-corrected chi connectivity index (χ1v) is 7.21. The lowest BCUT2D eigenvalue weighted by molar-refractivity contribution is 0.669. The van der Waals surface area contributed by atoms with Crippen molar-refractivity contribution < 1.29 is 4.42 Å². The second kappa shape index (κ2) is 4.77. The summed E-state index contributed by atoms with van der Waals surface area (Å²) in [6.45, 7) is 0. The summed E-state index contributed by atoms with van der Waals surface area (Å²) in [5.74, 6) is 0. The summed E-state index contributed by atoms with van der Waals surface area (Å²) in [6.07, 6.45) is 0. The van der Waals surface area contributed by atoms with Crippen LogP contribution in [0.25, 0.3) is 21.9 Å². The highest BCUT2D eigenvalue weighted by atomic mass is 35.5. The van der Waals surface area contributed by atoms with Crippen LogP contribution >= 0.6 is 69.6 Å². The standard InChI is InChI=1S/C12H2Cl6O/c13-3-1-5(15)10(18)12-7(3)8-9(17)4(14)2-6(16)11(8)19-12/h1-2H. The van der Waals surface area contributed by atoms with Gasteiger partial charge >= 0.3 is 0 Å². The smallest absolute Gasteiger partial charge is 0.157 e. The molecule has 3 aromatic rings. The quantitative estimate of drug-likeness (QED) is 0.371. The second-order valence-corrected chi connectivity index (χ2v) is 6.20. The number of benzene rings is 2. The Morgan fingerprint density at radius 3 is 1.84 bits per heavy atom. The van der Waals surface area contributed by atoms with E-state index in [4.69, 9.17) is 74.0 Å². The van der Waals surface area contributed by atoms with Crippen LogP contribution in [0.1, 0.15) is 0 Å². The largest absolute Gasteiger partial charge is 0.453 e. The fourth-order valence-corrected chi connectivity index (χ4v) is 3.37. The van der Waals surface area contributed by atoms with E-state index in [2.05, 4.69) is 0 Å². The molecule has 0 aliphatic heterocycles. The molecular weight excluding hydrogens is 373 g/mol. The Kier molecular flexibility index (Phi) is 3.50. The molecule has 0 unspecified atom stereocenters. The van der Waals surface area contributed by atoms with Crippen molar-refractivity contribution in [2.45, 2.75) is 0 Å². The molecule has 0 aliphatic carbocycles. The Morgan fingerprint density at radius 1 is 0.579 bits per heavy atom. The van der Waals surface area contributed by atoms with E-state index in [0.717, 1.165) is 0 Å². The van der Waals surface area contributed by atoms with Crippen molar-refractivity contribution in [3.8, 4) is 0 Å². The lowest BCUT2D eigenvalue weighted by atomic mass is 10.1. The zero-order valence-corrected chi connectivity index (χ0v) is 13.4. The van der Waals surface area contributed by atoms with Crippen LogP contribution in [-0.2, 0) is 0 Å². The van der Waals surface area contributed by atoms with Crippen molar-refractivity contribution in [2.75, 3.05) is 0 Å². The molecule has 0 atom stereocenters. The maximum absolute atomic E-state index is 6.20. The van der Waals surface area contributed by atoms with Crippen molar-refractivity contribution in [3.63, 3.8) is 0 Å². The molecule has 0 aliphatic rings. The Morgan fingerprint density at radius 2 is 1.16 bits per heavy atom. The molecule has 19 heavy (non-hydrogen) atoms. The number of furan rings is 1. The minimum atomic E-state index is 0.250. The molecule has 0 spiro atoms. The van der Waals surface area contributed by atoms with Crippen LogP contribution in [0.4, 0.5) is 0 Å². The minimum absolute atomic E-state index is 0.250. The number of rotatable bonds is 0. The molecule has 0 bridgehead atoms. The van der Waals surface area contributed by atoms with Crippen molar-refractivity contribution in [2.24, 2.45) is 0 Å². The van der Waals surface area contributed by atoms with Gasteiger partial charge in [-0.2, -0.15) is 0 Å². The molecule has 0 radical (unpaired) electrons. The van der Waals surface area contributed by atoms with Crippen molar-refractivity contribution >= 4 is 91.5 Å². The van der Waals surface area contributed by atoms with E-state index in [9.17, 15) is 0 Å². The van der Waals surface area contributed by atoms with E-state index >= 15 is 0 Å². The molecule has 3 rings (SSSR count). The number of hydrogen-bond donors (Lipinski definition) is 0. The third-order valence-electron chi connectivity index (χ3n) is 2.71. The van der Waals surface area contributed by atoms with E-state index in [1.807, 2.05) is 0 Å². The van der Waals surface area contributed by atoms with Crippen molar-refractivity contribution in [3.05, 3.63) is 42.3 Å². The molecule has 0 saturated heterocycles. The molecule has 98 valence electrons. The van der Waals surface area contributed by atoms with Gasteiger partial charge in [0.1, 0.15) is 5.02 Å². The predicted molar refractivity (Wildman–Crippen MR) is 83.8 cm³/mol. The molecule has 0 saturated carbocycles. The molecule has 2 aromatic carbocycles. The molecule has 1 aromatic heterocycles. The van der Waals surface area contributed by atoms with Gasteiger partial charge in [0.2, 0.25) is 0 Å². The Hall–Kier alpha value is -0.0200. The van der Waals surface area contributed by atoms with Crippen molar-refractivity contribution in [1.82, 2.24) is 0 Å². The van der Waals surface area contributed by atoms with Gasteiger partial charge in [0.05, 0.1) is 35.9 Å². The summed E-state index contributed by atoms with van der Waals surface area (Å²) in [7, 11) is 0. The van der Waals surface area contributed by atoms with Crippen molar-refractivity contribution in [1.29, 1.82) is 0 Å². The minimum Gasteiger partial charge on any atom is -0.453 e. The van der Waals surface area contributed by atoms with Gasteiger partial charge in [-0.1, -0.05) is 69.6 Å². The first-order valence-electron chi connectivity index (χ1n) is 4.95. The number of hydrogen-bond acceptors (Lipinski definition) is 1. The molecule has 1 heterocycles. The lowest BCUT2D eigenvalue weighted by Crippen LogP contribution is -1.76. The van der Waals surface area contributed by atoms with Crippen LogP contribution in [0.2, 0.25) is 30.1 Å². The first kappa shape index (κ1) is 13.9. The fourth-order valence-electron chi connectivity index (χ4n) is 1.91. The van der Waals surface area contributed by atoms with Crippen LogP contribution < -0.4 is 0 Å². The van der Waals surface area contributed by atoms with Gasteiger partial charge in [-0.05, 0) is 12.1 Å². The maximum atomic E-state index is 6.20. The van der Waals surface area contributed by atoms with Gasteiger partial charge in [-0.3, -0.25) is 0 Å². The van der Waals surface area contributed by atoms with Gasteiger partial charge in [-0.25, -0.2) is 0 Å². The average molecular weight is 375 g/mol. The van der Waals surface area contributed by atoms with Crippen LogP contribution in [-0.4, -0.2) is 0 Å². The van der Waals surface area contributed by atoms with Gasteiger partial charge in [0.15, 0.2) is 11.2 Å². The molecule has 7 heteroatoms. The second-order valence-electron chi connectivity index (χ2n) is 3.82. The molecular formula is C12H2Cl6O. The predicted octanol–water partition coefficient (Wildman–Crippen LogP) is 7.51. The van der Waals surface area contributed by atoms with Crippen LogP contribution in [0.15, 0.2) is 16.5 Å².